The molecule has 1 fully saturated rings. The molecule has 0 spiro atoms. The lowest BCUT2D eigenvalue weighted by Crippen LogP contribution is -2.36. The summed E-state index contributed by atoms with van der Waals surface area (Å²) in [6, 6.07) is 9.05. The third kappa shape index (κ3) is 3.48. The van der Waals surface area contributed by atoms with Crippen LogP contribution < -0.4 is 10.1 Å². The Morgan fingerprint density at radius 1 is 1.17 bits per heavy atom. The van der Waals surface area contributed by atoms with Crippen molar-refractivity contribution in [2.24, 2.45) is 23.7 Å². The van der Waals surface area contributed by atoms with Gasteiger partial charge in [-0.2, -0.15) is 0 Å². The smallest absolute Gasteiger partial charge is 0.307 e. The predicted octanol–water partition coefficient (Wildman–Crippen LogP) is 4.71. The first-order chi connectivity index (χ1) is 14.5. The zero-order chi connectivity index (χ0) is 20.8. The van der Waals surface area contributed by atoms with Crippen LogP contribution in [-0.2, 0) is 9.59 Å². The molecule has 2 N–H and O–H groups in total. The van der Waals surface area contributed by atoms with Crippen LogP contribution in [0.3, 0.4) is 0 Å². The molecule has 4 atom stereocenters. The van der Waals surface area contributed by atoms with Gasteiger partial charge in [0.25, 0.3) is 0 Å². The number of rotatable bonds is 5. The minimum absolute atomic E-state index is 0.0242. The number of nitrogens with zero attached hydrogens (tertiary/aromatic N) is 2. The van der Waals surface area contributed by atoms with Crippen molar-refractivity contribution in [3.05, 3.63) is 53.2 Å². The highest BCUT2D eigenvalue weighted by Gasteiger charge is 2.51. The molecule has 7 nitrogen and oxygen atoms in total. The molecule has 2 bridgehead atoms. The average Bonchev–Trinajstić information content (AvgIpc) is 3.43. The molecule has 1 amide bonds. The number of hydrogen-bond acceptors (Lipinski definition) is 6. The van der Waals surface area contributed by atoms with Gasteiger partial charge in [0.2, 0.25) is 11.8 Å². The molecule has 30 heavy (non-hydrogen) atoms. The van der Waals surface area contributed by atoms with Crippen LogP contribution in [0.4, 0.5) is 5.13 Å². The van der Waals surface area contributed by atoms with Crippen molar-refractivity contribution < 1.29 is 19.4 Å². The standard InChI is InChI=1S/C21H16BrN3O4S/c22-12-3-6-16(23-9-12)29-13-4-5-14-15(8-13)30-21(24-14)25-19(26)17-10-1-2-11(7-10)18(17)20(27)28/h1-6,8-11,17-18H,7H2,(H,27,28)(H,24,25,26)/t10?,11?,17-,18+/m1/s1. The number of aliphatic carboxylic acids is 1. The van der Waals surface area contributed by atoms with Crippen LogP contribution in [0.5, 0.6) is 11.6 Å². The average molecular weight is 486 g/mol. The van der Waals surface area contributed by atoms with E-state index in [1.54, 1.807) is 18.3 Å². The van der Waals surface area contributed by atoms with E-state index in [4.69, 9.17) is 4.74 Å². The van der Waals surface area contributed by atoms with Crippen LogP contribution in [0.2, 0.25) is 0 Å². The van der Waals surface area contributed by atoms with Gasteiger partial charge < -0.3 is 15.2 Å². The van der Waals surface area contributed by atoms with Gasteiger partial charge in [-0.05, 0) is 52.4 Å². The van der Waals surface area contributed by atoms with Gasteiger partial charge in [-0.15, -0.1) is 0 Å². The Labute approximate surface area is 183 Å². The largest absolute Gasteiger partial charge is 0.481 e. The minimum atomic E-state index is -0.917. The summed E-state index contributed by atoms with van der Waals surface area (Å²) in [5.41, 5.74) is 0.731. The second kappa shape index (κ2) is 7.48. The highest BCUT2D eigenvalue weighted by Crippen LogP contribution is 2.48. The molecular formula is C21H16BrN3O4S. The zero-order valence-corrected chi connectivity index (χ0v) is 17.9. The van der Waals surface area contributed by atoms with Crippen molar-refractivity contribution in [1.82, 2.24) is 9.97 Å². The number of anilines is 1. The Balaban J connectivity index is 1.34. The molecule has 0 aliphatic heterocycles. The number of benzene rings is 1. The highest BCUT2D eigenvalue weighted by atomic mass is 79.9. The molecule has 3 aromatic rings. The minimum Gasteiger partial charge on any atom is -0.481 e. The molecule has 0 saturated heterocycles. The quantitative estimate of drug-likeness (QED) is 0.507. The Morgan fingerprint density at radius 2 is 1.97 bits per heavy atom. The molecule has 2 aliphatic rings. The number of pyridine rings is 1. The number of carbonyl (C=O) groups excluding carboxylic acids is 1. The second-order valence-electron chi connectivity index (χ2n) is 7.39. The van der Waals surface area contributed by atoms with Crippen molar-refractivity contribution in [2.75, 3.05) is 5.32 Å². The number of aromatic nitrogens is 2. The summed E-state index contributed by atoms with van der Waals surface area (Å²) < 4.78 is 7.49. The van der Waals surface area contributed by atoms with E-state index in [-0.39, 0.29) is 17.7 Å². The summed E-state index contributed by atoms with van der Waals surface area (Å²) in [7, 11) is 0. The van der Waals surface area contributed by atoms with Crippen molar-refractivity contribution in [3.8, 4) is 11.6 Å². The van der Waals surface area contributed by atoms with Crippen molar-refractivity contribution in [3.63, 3.8) is 0 Å². The molecule has 1 aromatic carbocycles. The summed E-state index contributed by atoms with van der Waals surface area (Å²) in [6.45, 7) is 0. The van der Waals surface area contributed by atoms with Crippen LogP contribution in [0.15, 0.2) is 53.2 Å². The van der Waals surface area contributed by atoms with Gasteiger partial charge >= 0.3 is 5.97 Å². The normalized spacial score (nSPS) is 24.3. The first kappa shape index (κ1) is 19.2. The van der Waals surface area contributed by atoms with Gasteiger partial charge in [0.1, 0.15) is 5.75 Å². The fourth-order valence-corrected chi connectivity index (χ4v) is 5.40. The van der Waals surface area contributed by atoms with Gasteiger partial charge in [-0.25, -0.2) is 9.97 Å². The summed E-state index contributed by atoms with van der Waals surface area (Å²) in [5.74, 6) is -1.44. The molecule has 9 heteroatoms. The number of nitrogens with one attached hydrogen (secondary N) is 1. The van der Waals surface area contributed by atoms with Crippen LogP contribution in [0.25, 0.3) is 10.2 Å². The van der Waals surface area contributed by atoms with Crippen molar-refractivity contribution >= 4 is 54.5 Å². The Kier molecular flexibility index (Phi) is 4.79. The number of thiazole rings is 1. The van der Waals surface area contributed by atoms with Crippen LogP contribution >= 0.6 is 27.3 Å². The molecule has 0 radical (unpaired) electrons. The first-order valence-corrected chi connectivity index (χ1v) is 11.0. The molecule has 1 saturated carbocycles. The van der Waals surface area contributed by atoms with Gasteiger partial charge in [0.05, 0.1) is 22.1 Å². The third-order valence-corrected chi connectivity index (χ3v) is 6.96. The topological polar surface area (TPSA) is 101 Å². The molecule has 2 heterocycles. The monoisotopic (exact) mass is 485 g/mol. The predicted molar refractivity (Wildman–Crippen MR) is 116 cm³/mol. The van der Waals surface area contributed by atoms with Crippen LogP contribution in [0.1, 0.15) is 6.42 Å². The maximum absolute atomic E-state index is 12.9. The Morgan fingerprint density at radius 3 is 2.70 bits per heavy atom. The second-order valence-corrected chi connectivity index (χ2v) is 9.34. The van der Waals surface area contributed by atoms with Gasteiger partial charge in [0, 0.05) is 22.8 Å². The Hall–Kier alpha value is -2.78. The van der Waals surface area contributed by atoms with E-state index in [2.05, 4.69) is 31.2 Å². The summed E-state index contributed by atoms with van der Waals surface area (Å²) in [4.78, 5) is 33.2. The van der Waals surface area contributed by atoms with E-state index in [1.807, 2.05) is 30.4 Å². The number of fused-ring (bicyclic) bond motifs is 3. The number of amides is 1. The van der Waals surface area contributed by atoms with Crippen LogP contribution in [-0.4, -0.2) is 27.0 Å². The zero-order valence-electron chi connectivity index (χ0n) is 15.5. The number of carboxylic acids is 1. The van der Waals surface area contributed by atoms with E-state index in [0.717, 1.165) is 21.1 Å². The number of ether oxygens (including phenoxy) is 1. The number of halogens is 1. The number of hydrogen-bond donors (Lipinski definition) is 2. The number of allylic oxidation sites excluding steroid dienone is 2. The number of carbonyl (C=O) groups is 2. The summed E-state index contributed by atoms with van der Waals surface area (Å²) in [6.07, 6.45) is 6.27. The van der Waals surface area contributed by atoms with E-state index in [0.29, 0.717) is 16.8 Å². The fourth-order valence-electron chi connectivity index (χ4n) is 4.27. The Bertz CT molecular complexity index is 1180. The summed E-state index contributed by atoms with van der Waals surface area (Å²) >= 11 is 4.66. The lowest BCUT2D eigenvalue weighted by atomic mass is 9.82. The molecular weight excluding hydrogens is 470 g/mol. The van der Waals surface area contributed by atoms with Crippen molar-refractivity contribution in [1.29, 1.82) is 0 Å². The van der Waals surface area contributed by atoms with E-state index < -0.39 is 17.8 Å². The number of carboxylic acid groups (broad SMARTS) is 1. The lowest BCUT2D eigenvalue weighted by Gasteiger charge is -2.23. The van der Waals surface area contributed by atoms with E-state index >= 15 is 0 Å². The van der Waals surface area contributed by atoms with E-state index in [9.17, 15) is 14.7 Å². The fraction of sp³-hybridized carbons (Fsp3) is 0.238. The first-order valence-electron chi connectivity index (χ1n) is 9.40. The van der Waals surface area contributed by atoms with Gasteiger partial charge in [-0.1, -0.05) is 23.5 Å². The molecule has 152 valence electrons. The third-order valence-electron chi connectivity index (χ3n) is 5.56. The lowest BCUT2D eigenvalue weighted by molar-refractivity contribution is -0.146. The highest BCUT2D eigenvalue weighted by molar-refractivity contribution is 9.10. The van der Waals surface area contributed by atoms with Gasteiger partial charge in [-0.3, -0.25) is 9.59 Å². The summed E-state index contributed by atoms with van der Waals surface area (Å²) in [5, 5.41) is 12.8. The molecule has 5 rings (SSSR count). The van der Waals surface area contributed by atoms with Gasteiger partial charge in [0.15, 0.2) is 5.13 Å². The van der Waals surface area contributed by atoms with E-state index in [1.165, 1.54) is 11.3 Å². The van der Waals surface area contributed by atoms with Crippen molar-refractivity contribution in [2.45, 2.75) is 6.42 Å². The molecule has 2 aliphatic carbocycles. The maximum Gasteiger partial charge on any atom is 0.307 e. The van der Waals surface area contributed by atoms with Crippen LogP contribution in [0, 0.1) is 23.7 Å². The SMILES string of the molecule is O=C(Nc1nc2ccc(Oc3ccc(Br)cn3)cc2s1)[C@@H]1C2C=CC(C2)[C@@H]1C(=O)O. The molecule has 2 aromatic heterocycles. The maximum atomic E-state index is 12.9. The molecule has 2 unspecified atom stereocenters.